The minimum Gasteiger partial charge on any atom is -0.302 e. The van der Waals surface area contributed by atoms with Gasteiger partial charge < -0.3 is 4.90 Å². The van der Waals surface area contributed by atoms with E-state index in [1.54, 1.807) is 30.3 Å². The molecule has 0 saturated heterocycles. The van der Waals surface area contributed by atoms with Gasteiger partial charge in [-0.25, -0.2) is 4.28 Å². The maximum absolute atomic E-state index is 13.1. The van der Waals surface area contributed by atoms with E-state index in [0.717, 1.165) is 11.1 Å². The third-order valence-electron chi connectivity index (χ3n) is 3.95. The second kappa shape index (κ2) is 7.06. The highest BCUT2D eigenvalue weighted by Crippen LogP contribution is 2.31. The summed E-state index contributed by atoms with van der Waals surface area (Å²) in [5, 5.41) is 3.95. The van der Waals surface area contributed by atoms with Crippen LogP contribution in [0, 0.1) is 6.92 Å². The maximum atomic E-state index is 13.1. The van der Waals surface area contributed by atoms with Gasteiger partial charge in [-0.3, -0.25) is 9.35 Å². The molecule has 0 aliphatic carbocycles. The molecule has 1 heterocycles. The van der Waals surface area contributed by atoms with Crippen molar-refractivity contribution in [1.82, 2.24) is 0 Å². The number of carbonyl (C=O) groups is 1. The number of benzene rings is 2. The fourth-order valence-electron chi connectivity index (χ4n) is 2.78. The van der Waals surface area contributed by atoms with Gasteiger partial charge in [-0.1, -0.05) is 41.0 Å². The van der Waals surface area contributed by atoms with Gasteiger partial charge in [0.15, 0.2) is 0 Å². The smallest absolute Gasteiger partial charge is 0.302 e. The molecule has 136 valence electrons. The molecule has 0 atom stereocenters. The zero-order valence-corrected chi connectivity index (χ0v) is 15.3. The zero-order chi connectivity index (χ0) is 18.9. The second-order valence-electron chi connectivity index (χ2n) is 5.82. The minimum atomic E-state index is -4.72. The van der Waals surface area contributed by atoms with Gasteiger partial charge >= 0.3 is 10.4 Å². The number of anilines is 1. The van der Waals surface area contributed by atoms with Crippen LogP contribution in [-0.4, -0.2) is 31.1 Å². The van der Waals surface area contributed by atoms with Crippen LogP contribution >= 0.6 is 11.6 Å². The molecule has 3 rings (SSSR count). The first-order chi connectivity index (χ1) is 12.2. The molecule has 7 nitrogen and oxygen atoms in total. The van der Waals surface area contributed by atoms with Crippen molar-refractivity contribution in [1.29, 1.82) is 0 Å². The van der Waals surface area contributed by atoms with E-state index in [2.05, 4.69) is 9.44 Å². The predicted octanol–water partition coefficient (Wildman–Crippen LogP) is 3.03. The highest BCUT2D eigenvalue weighted by Gasteiger charge is 2.28. The first-order valence-electron chi connectivity index (χ1n) is 7.62. The number of hydrogen-bond donors (Lipinski definition) is 1. The largest absolute Gasteiger partial charge is 0.466 e. The van der Waals surface area contributed by atoms with Crippen LogP contribution in [0.1, 0.15) is 21.5 Å². The van der Waals surface area contributed by atoms with E-state index in [9.17, 15) is 13.2 Å². The van der Waals surface area contributed by atoms with Gasteiger partial charge in [0.1, 0.15) is 0 Å². The number of rotatable bonds is 3. The first kappa shape index (κ1) is 18.4. The summed E-state index contributed by atoms with van der Waals surface area (Å²) in [6.45, 7) is 1.84. The van der Waals surface area contributed by atoms with E-state index < -0.39 is 10.4 Å². The van der Waals surface area contributed by atoms with Crippen molar-refractivity contribution >= 4 is 39.3 Å². The summed E-state index contributed by atoms with van der Waals surface area (Å²) in [5.74, 6) is -0.272. The molecule has 0 radical (unpaired) electrons. The lowest BCUT2D eigenvalue weighted by molar-refractivity contribution is 0.0989. The molecular weight excluding hydrogens is 380 g/mol. The quantitative estimate of drug-likeness (QED) is 0.637. The van der Waals surface area contributed by atoms with Crippen LogP contribution in [0.3, 0.4) is 0 Å². The Morgan fingerprint density at radius 3 is 2.69 bits per heavy atom. The minimum absolute atomic E-state index is 0.00995. The molecular formula is C17H15ClN2O5S. The first-order valence-corrected chi connectivity index (χ1v) is 9.36. The number of amides is 1. The topological polar surface area (TPSA) is 96.3 Å². The van der Waals surface area contributed by atoms with Crippen LogP contribution in [0.5, 0.6) is 0 Å². The van der Waals surface area contributed by atoms with Crippen LogP contribution in [-0.2, 0) is 21.1 Å². The van der Waals surface area contributed by atoms with Gasteiger partial charge in [0.25, 0.3) is 5.91 Å². The van der Waals surface area contributed by atoms with Crippen LogP contribution in [0.4, 0.5) is 5.69 Å². The Bertz CT molecular complexity index is 1000. The Kier molecular flexibility index (Phi) is 4.99. The van der Waals surface area contributed by atoms with Gasteiger partial charge in [-0.05, 0) is 36.2 Å². The molecule has 0 bridgehead atoms. The summed E-state index contributed by atoms with van der Waals surface area (Å²) in [6, 6.07) is 12.2. The summed E-state index contributed by atoms with van der Waals surface area (Å²) in [4.78, 5) is 14.5. The van der Waals surface area contributed by atoms with E-state index in [4.69, 9.17) is 16.2 Å². The van der Waals surface area contributed by atoms with Gasteiger partial charge in [0.2, 0.25) is 0 Å². The van der Waals surface area contributed by atoms with Crippen molar-refractivity contribution in [2.24, 2.45) is 5.16 Å². The summed E-state index contributed by atoms with van der Waals surface area (Å²) in [7, 11) is -4.72. The predicted molar refractivity (Wildman–Crippen MR) is 98.1 cm³/mol. The maximum Gasteiger partial charge on any atom is 0.466 e. The van der Waals surface area contributed by atoms with E-state index in [0.29, 0.717) is 16.3 Å². The number of nitrogens with zero attached hydrogens (tertiary/aromatic N) is 2. The number of oxime groups is 1. The lowest BCUT2D eigenvalue weighted by Crippen LogP contribution is -2.40. The van der Waals surface area contributed by atoms with Crippen LogP contribution < -0.4 is 4.90 Å². The van der Waals surface area contributed by atoms with E-state index in [1.807, 2.05) is 19.1 Å². The van der Waals surface area contributed by atoms with Gasteiger partial charge in [0.05, 0.1) is 12.3 Å². The van der Waals surface area contributed by atoms with Crippen molar-refractivity contribution < 1.29 is 22.0 Å². The Hall–Kier alpha value is -2.42. The summed E-state index contributed by atoms with van der Waals surface area (Å²) in [6.07, 6.45) is 0.263. The molecule has 1 N–H and O–H groups in total. The summed E-state index contributed by atoms with van der Waals surface area (Å²) in [5.41, 5.74) is 2.95. The van der Waals surface area contributed by atoms with Crippen LogP contribution in [0.25, 0.3) is 0 Å². The fourth-order valence-corrected chi connectivity index (χ4v) is 3.15. The number of carbonyl (C=O) groups excluding carboxylic acids is 1. The summed E-state index contributed by atoms with van der Waals surface area (Å²) >= 11 is 6.08. The average Bonchev–Trinajstić information content (AvgIpc) is 2.58. The lowest BCUT2D eigenvalue weighted by atomic mass is 9.98. The molecule has 0 aromatic heterocycles. The van der Waals surface area contributed by atoms with Gasteiger partial charge in [-0.15, -0.1) is 0 Å². The SMILES string of the molecule is Cc1ccccc1C(=O)N1C/C(=N\OS(=O)(=O)O)Cc2ccc(Cl)cc21. The normalized spacial score (nSPS) is 15.7. The number of halogens is 1. The Balaban J connectivity index is 2.03. The Labute approximate surface area is 155 Å². The van der Waals surface area contributed by atoms with Crippen molar-refractivity contribution in [2.45, 2.75) is 13.3 Å². The van der Waals surface area contributed by atoms with E-state index in [1.165, 1.54) is 4.90 Å². The van der Waals surface area contributed by atoms with Crippen molar-refractivity contribution in [3.63, 3.8) is 0 Å². The van der Waals surface area contributed by atoms with Crippen molar-refractivity contribution in [3.05, 3.63) is 64.2 Å². The monoisotopic (exact) mass is 394 g/mol. The van der Waals surface area contributed by atoms with Crippen molar-refractivity contribution in [2.75, 3.05) is 11.4 Å². The van der Waals surface area contributed by atoms with Gasteiger partial charge in [-0.2, -0.15) is 8.42 Å². The standard InChI is InChI=1S/C17H15ClN2O5S/c1-11-4-2-3-5-15(11)17(21)20-10-14(19-25-26(22,23)24)8-12-6-7-13(18)9-16(12)20/h2-7,9H,8,10H2,1H3,(H,22,23,24)/b19-14-. The van der Waals surface area contributed by atoms with Crippen LogP contribution in [0.2, 0.25) is 5.02 Å². The molecule has 0 spiro atoms. The molecule has 0 fully saturated rings. The zero-order valence-electron chi connectivity index (χ0n) is 13.7. The highest BCUT2D eigenvalue weighted by molar-refractivity contribution is 7.80. The highest BCUT2D eigenvalue weighted by atomic mass is 35.5. The number of aryl methyl sites for hydroxylation is 1. The molecule has 0 saturated carbocycles. The molecule has 1 aliphatic heterocycles. The molecule has 9 heteroatoms. The number of hydrogen-bond acceptors (Lipinski definition) is 5. The molecule has 0 unspecified atom stereocenters. The fraction of sp³-hybridized carbons (Fsp3) is 0.176. The molecule has 1 amide bonds. The average molecular weight is 395 g/mol. The lowest BCUT2D eigenvalue weighted by Gasteiger charge is -2.30. The van der Waals surface area contributed by atoms with Crippen LogP contribution in [0.15, 0.2) is 47.6 Å². The molecule has 2 aromatic carbocycles. The Morgan fingerprint density at radius 1 is 1.27 bits per heavy atom. The molecule has 1 aliphatic rings. The van der Waals surface area contributed by atoms with E-state index >= 15 is 0 Å². The van der Waals surface area contributed by atoms with E-state index in [-0.39, 0.29) is 24.6 Å². The summed E-state index contributed by atoms with van der Waals surface area (Å²) < 4.78 is 34.4. The second-order valence-corrected chi connectivity index (χ2v) is 7.26. The van der Waals surface area contributed by atoms with Gasteiger partial charge in [0, 0.05) is 22.7 Å². The molecule has 26 heavy (non-hydrogen) atoms. The Morgan fingerprint density at radius 2 is 2.00 bits per heavy atom. The third kappa shape index (κ3) is 4.04. The number of fused-ring (bicyclic) bond motifs is 1. The van der Waals surface area contributed by atoms with Crippen molar-refractivity contribution in [3.8, 4) is 0 Å². The molecule has 2 aromatic rings. The third-order valence-corrected chi connectivity index (χ3v) is 4.45.